The molecule has 0 aliphatic heterocycles. The van der Waals surface area contributed by atoms with E-state index in [0.29, 0.717) is 0 Å². The summed E-state index contributed by atoms with van der Waals surface area (Å²) in [7, 11) is 0. The van der Waals surface area contributed by atoms with Gasteiger partial charge in [0.25, 0.3) is 0 Å². The third-order valence-electron chi connectivity index (χ3n) is 3.26. The molecule has 1 heteroatoms. The summed E-state index contributed by atoms with van der Waals surface area (Å²) in [6.07, 6.45) is 0. The zero-order valence-corrected chi connectivity index (χ0v) is 11.8. The molecular formula is C18H16S. The van der Waals surface area contributed by atoms with Crippen LogP contribution in [0.15, 0.2) is 71.6 Å². The number of hydrogen-bond donors (Lipinski definition) is 0. The first-order chi connectivity index (χ1) is 9.33. The summed E-state index contributed by atoms with van der Waals surface area (Å²) in [5.41, 5.74) is 2.70. The molecular weight excluding hydrogens is 248 g/mol. The first-order valence-electron chi connectivity index (χ1n) is 6.49. The first-order valence-corrected chi connectivity index (χ1v) is 7.47. The van der Waals surface area contributed by atoms with Crippen molar-refractivity contribution in [3.63, 3.8) is 0 Å². The maximum Gasteiger partial charge on any atom is 0.0232 e. The van der Waals surface area contributed by atoms with Crippen molar-refractivity contribution in [2.75, 3.05) is 0 Å². The molecule has 0 saturated carbocycles. The summed E-state index contributed by atoms with van der Waals surface area (Å²) in [6.45, 7) is 2.13. The molecule has 3 rings (SSSR count). The van der Waals surface area contributed by atoms with E-state index in [0.717, 1.165) is 5.75 Å². The molecule has 0 unspecified atom stereocenters. The van der Waals surface area contributed by atoms with E-state index in [1.165, 1.54) is 26.8 Å². The van der Waals surface area contributed by atoms with Crippen LogP contribution in [-0.4, -0.2) is 0 Å². The van der Waals surface area contributed by atoms with Crippen molar-refractivity contribution in [1.82, 2.24) is 0 Å². The van der Waals surface area contributed by atoms with Crippen molar-refractivity contribution < 1.29 is 0 Å². The normalized spacial score (nSPS) is 10.8. The number of thioether (sulfide) groups is 1. The molecule has 0 saturated heterocycles. The maximum absolute atomic E-state index is 2.22. The fourth-order valence-corrected chi connectivity index (χ4v) is 3.20. The highest BCUT2D eigenvalue weighted by molar-refractivity contribution is 7.98. The predicted octanol–water partition coefficient (Wildman–Crippen LogP) is 5.44. The average molecular weight is 264 g/mol. The summed E-state index contributed by atoms with van der Waals surface area (Å²) in [5, 5.41) is 2.67. The van der Waals surface area contributed by atoms with Crippen molar-refractivity contribution >= 4 is 22.5 Å². The largest absolute Gasteiger partial charge is 0.121 e. The molecule has 0 aliphatic rings. The lowest BCUT2D eigenvalue weighted by Gasteiger charge is -2.06. The van der Waals surface area contributed by atoms with Crippen LogP contribution in [0.1, 0.15) is 11.1 Å². The summed E-state index contributed by atoms with van der Waals surface area (Å²) in [5.74, 6) is 1.02. The monoisotopic (exact) mass is 264 g/mol. The highest BCUT2D eigenvalue weighted by Gasteiger charge is 2.01. The van der Waals surface area contributed by atoms with Gasteiger partial charge in [0, 0.05) is 10.6 Å². The van der Waals surface area contributed by atoms with E-state index < -0.39 is 0 Å². The number of fused-ring (bicyclic) bond motifs is 1. The Morgan fingerprint density at radius 2 is 1.53 bits per heavy atom. The summed E-state index contributed by atoms with van der Waals surface area (Å²) in [4.78, 5) is 1.36. The SMILES string of the molecule is Cc1ccc(CSc2cccc3ccccc23)cc1. The summed E-state index contributed by atoms with van der Waals surface area (Å²) in [6, 6.07) is 23.9. The Kier molecular flexibility index (Phi) is 3.56. The van der Waals surface area contributed by atoms with Gasteiger partial charge in [-0.25, -0.2) is 0 Å². The van der Waals surface area contributed by atoms with Crippen LogP contribution in [0.2, 0.25) is 0 Å². The zero-order valence-electron chi connectivity index (χ0n) is 11.0. The Labute approximate surface area is 118 Å². The highest BCUT2D eigenvalue weighted by Crippen LogP contribution is 2.30. The lowest BCUT2D eigenvalue weighted by atomic mass is 10.1. The van der Waals surface area contributed by atoms with Gasteiger partial charge < -0.3 is 0 Å². The summed E-state index contributed by atoms with van der Waals surface area (Å²) < 4.78 is 0. The molecule has 0 aromatic heterocycles. The summed E-state index contributed by atoms with van der Waals surface area (Å²) >= 11 is 1.91. The first kappa shape index (κ1) is 12.3. The van der Waals surface area contributed by atoms with Crippen molar-refractivity contribution in [3.8, 4) is 0 Å². The van der Waals surface area contributed by atoms with Gasteiger partial charge >= 0.3 is 0 Å². The quantitative estimate of drug-likeness (QED) is 0.567. The van der Waals surface area contributed by atoms with Crippen LogP contribution in [0.3, 0.4) is 0 Å². The van der Waals surface area contributed by atoms with E-state index in [2.05, 4.69) is 73.7 Å². The Balaban J connectivity index is 1.84. The molecule has 0 amide bonds. The molecule has 0 nitrogen and oxygen atoms in total. The molecule has 0 aliphatic carbocycles. The van der Waals surface area contributed by atoms with E-state index in [1.54, 1.807) is 0 Å². The molecule has 0 fully saturated rings. The second kappa shape index (κ2) is 5.50. The van der Waals surface area contributed by atoms with Gasteiger partial charge in [0.15, 0.2) is 0 Å². The molecule has 0 spiro atoms. The third kappa shape index (κ3) is 2.82. The van der Waals surface area contributed by atoms with Crippen LogP contribution < -0.4 is 0 Å². The molecule has 0 N–H and O–H groups in total. The minimum Gasteiger partial charge on any atom is -0.121 e. The lowest BCUT2D eigenvalue weighted by Crippen LogP contribution is -1.82. The molecule has 0 heterocycles. The Morgan fingerprint density at radius 3 is 2.37 bits per heavy atom. The number of aryl methyl sites for hydroxylation is 1. The van der Waals surface area contributed by atoms with Crippen LogP contribution in [0.25, 0.3) is 10.8 Å². The zero-order chi connectivity index (χ0) is 13.1. The lowest BCUT2D eigenvalue weighted by molar-refractivity contribution is 1.36. The fourth-order valence-electron chi connectivity index (χ4n) is 2.17. The minimum absolute atomic E-state index is 1.02. The highest BCUT2D eigenvalue weighted by atomic mass is 32.2. The smallest absolute Gasteiger partial charge is 0.0232 e. The van der Waals surface area contributed by atoms with Crippen molar-refractivity contribution in [3.05, 3.63) is 77.9 Å². The van der Waals surface area contributed by atoms with E-state index in [-0.39, 0.29) is 0 Å². The van der Waals surface area contributed by atoms with Gasteiger partial charge in [-0.15, -0.1) is 11.8 Å². The Morgan fingerprint density at radius 1 is 0.789 bits per heavy atom. The second-order valence-electron chi connectivity index (χ2n) is 4.75. The average Bonchev–Trinajstić information content (AvgIpc) is 2.47. The van der Waals surface area contributed by atoms with Crippen LogP contribution >= 0.6 is 11.8 Å². The predicted molar refractivity (Wildman–Crippen MR) is 84.7 cm³/mol. The van der Waals surface area contributed by atoms with E-state index in [4.69, 9.17) is 0 Å². The van der Waals surface area contributed by atoms with Crippen LogP contribution in [0.4, 0.5) is 0 Å². The third-order valence-corrected chi connectivity index (χ3v) is 4.41. The molecule has 0 atom stereocenters. The maximum atomic E-state index is 2.22. The number of hydrogen-bond acceptors (Lipinski definition) is 1. The molecule has 3 aromatic carbocycles. The standard InChI is InChI=1S/C18H16S/c1-14-9-11-15(12-10-14)13-19-18-8-4-6-16-5-2-3-7-17(16)18/h2-12H,13H2,1H3. The molecule has 0 bridgehead atoms. The van der Waals surface area contributed by atoms with Gasteiger partial charge in [-0.1, -0.05) is 66.2 Å². The van der Waals surface area contributed by atoms with Crippen LogP contribution in [0, 0.1) is 6.92 Å². The molecule has 94 valence electrons. The number of benzene rings is 3. The van der Waals surface area contributed by atoms with E-state index >= 15 is 0 Å². The van der Waals surface area contributed by atoms with Gasteiger partial charge in [-0.05, 0) is 29.3 Å². The van der Waals surface area contributed by atoms with Gasteiger partial charge in [0.05, 0.1) is 0 Å². The molecule has 19 heavy (non-hydrogen) atoms. The van der Waals surface area contributed by atoms with Gasteiger partial charge in [-0.2, -0.15) is 0 Å². The van der Waals surface area contributed by atoms with Crippen LogP contribution in [-0.2, 0) is 5.75 Å². The van der Waals surface area contributed by atoms with Gasteiger partial charge in [0.1, 0.15) is 0 Å². The molecule has 0 radical (unpaired) electrons. The Bertz CT molecular complexity index is 678. The van der Waals surface area contributed by atoms with Gasteiger partial charge in [0.2, 0.25) is 0 Å². The number of rotatable bonds is 3. The van der Waals surface area contributed by atoms with E-state index in [9.17, 15) is 0 Å². The van der Waals surface area contributed by atoms with Crippen molar-refractivity contribution in [2.24, 2.45) is 0 Å². The second-order valence-corrected chi connectivity index (χ2v) is 5.77. The van der Waals surface area contributed by atoms with Crippen molar-refractivity contribution in [2.45, 2.75) is 17.6 Å². The van der Waals surface area contributed by atoms with Gasteiger partial charge in [-0.3, -0.25) is 0 Å². The fraction of sp³-hybridized carbons (Fsp3) is 0.111. The van der Waals surface area contributed by atoms with E-state index in [1.807, 2.05) is 11.8 Å². The minimum atomic E-state index is 1.02. The topological polar surface area (TPSA) is 0 Å². The molecule has 3 aromatic rings. The van der Waals surface area contributed by atoms with Crippen LogP contribution in [0.5, 0.6) is 0 Å². The Hall–Kier alpha value is -1.73. The van der Waals surface area contributed by atoms with Crippen molar-refractivity contribution in [1.29, 1.82) is 0 Å².